The van der Waals surface area contributed by atoms with Crippen LogP contribution in [0.25, 0.3) is 44.3 Å². The minimum Gasteiger partial charge on any atom is -0.496 e. The van der Waals surface area contributed by atoms with Gasteiger partial charge in [-0.2, -0.15) is 0 Å². The molecule has 1 saturated carbocycles. The molecule has 1 fully saturated rings. The van der Waals surface area contributed by atoms with Gasteiger partial charge in [0.1, 0.15) is 28.7 Å². The fourth-order valence-electron chi connectivity index (χ4n) is 6.09. The molecule has 6 rings (SSSR count). The molecule has 4 aromatic heterocycles. The number of ether oxygens (including phenoxy) is 1. The number of hydrogen-bond donors (Lipinski definition) is 4. The number of H-pyrrole nitrogens is 2. The monoisotopic (exact) mass is 556 g/mol. The van der Waals surface area contributed by atoms with Crippen molar-refractivity contribution >= 4 is 27.8 Å². The summed E-state index contributed by atoms with van der Waals surface area (Å²) in [4.78, 5) is 29.8. The Kier molecular flexibility index (Phi) is 6.81. The Hall–Kier alpha value is -4.18. The molecule has 10 heteroatoms. The summed E-state index contributed by atoms with van der Waals surface area (Å²) in [5.41, 5.74) is 7.23. The number of aromatic amines is 2. The van der Waals surface area contributed by atoms with Crippen molar-refractivity contribution in [1.82, 2.24) is 30.4 Å². The Labute approximate surface area is 237 Å². The topological polar surface area (TPSA) is 142 Å². The molecule has 214 valence electrons. The Morgan fingerprint density at radius 3 is 2.49 bits per heavy atom. The van der Waals surface area contributed by atoms with Crippen molar-refractivity contribution in [3.8, 4) is 28.1 Å². The first kappa shape index (κ1) is 27.0. The van der Waals surface area contributed by atoms with Crippen LogP contribution in [0, 0.1) is 20.8 Å². The lowest BCUT2D eigenvalue weighted by Gasteiger charge is -2.25. The van der Waals surface area contributed by atoms with Crippen LogP contribution >= 0.6 is 0 Å². The standard InChI is InChI=1S/C31H36N6O4/c1-14(2)28-22(12-24(35-28)31(39)34-18-7-9-19(38)10-8-18)29-27-20-13-25(40-6)21(26-15(3)37-41-16(26)4)11-23(20)36-30(27)33-17(5)32-29/h11-14,18-19,35,38H,7-10H2,1-6H3,(H,34,39)(H,32,33,36)/t18-,19-. The van der Waals surface area contributed by atoms with E-state index in [2.05, 4.69) is 34.3 Å². The number of benzene rings is 1. The minimum absolute atomic E-state index is 0.0566. The summed E-state index contributed by atoms with van der Waals surface area (Å²) >= 11 is 0. The Bertz CT molecular complexity index is 1750. The normalized spacial score (nSPS) is 17.6. The molecular weight excluding hydrogens is 520 g/mol. The smallest absolute Gasteiger partial charge is 0.267 e. The van der Waals surface area contributed by atoms with Crippen molar-refractivity contribution in [1.29, 1.82) is 0 Å². The van der Waals surface area contributed by atoms with E-state index in [4.69, 9.17) is 19.2 Å². The molecule has 0 bridgehead atoms. The third-order valence-electron chi connectivity index (χ3n) is 8.14. The number of aliphatic hydroxyl groups is 1. The molecule has 0 aliphatic heterocycles. The van der Waals surface area contributed by atoms with Gasteiger partial charge < -0.3 is 29.7 Å². The number of hydrogen-bond acceptors (Lipinski definition) is 7. The number of nitrogens with zero attached hydrogens (tertiary/aromatic N) is 3. The number of fused-ring (bicyclic) bond motifs is 3. The third-order valence-corrected chi connectivity index (χ3v) is 8.14. The lowest BCUT2D eigenvalue weighted by molar-refractivity contribution is 0.0863. The molecule has 1 aromatic carbocycles. The van der Waals surface area contributed by atoms with E-state index in [1.807, 2.05) is 39.0 Å². The molecule has 41 heavy (non-hydrogen) atoms. The number of nitrogens with one attached hydrogen (secondary N) is 3. The molecule has 4 heterocycles. The van der Waals surface area contributed by atoms with E-state index in [-0.39, 0.29) is 24.0 Å². The Balaban J connectivity index is 1.49. The summed E-state index contributed by atoms with van der Waals surface area (Å²) < 4.78 is 11.3. The predicted octanol–water partition coefficient (Wildman–Crippen LogP) is 5.85. The van der Waals surface area contributed by atoms with E-state index in [9.17, 15) is 9.90 Å². The van der Waals surface area contributed by atoms with Crippen LogP contribution in [0.4, 0.5) is 0 Å². The number of carbonyl (C=O) groups excluding carboxylic acids is 1. The Morgan fingerprint density at radius 1 is 1.07 bits per heavy atom. The van der Waals surface area contributed by atoms with Crippen molar-refractivity contribution in [3.05, 3.63) is 46.9 Å². The third kappa shape index (κ3) is 4.76. The van der Waals surface area contributed by atoms with Gasteiger partial charge in [-0.25, -0.2) is 9.97 Å². The van der Waals surface area contributed by atoms with Crippen molar-refractivity contribution in [2.75, 3.05) is 7.11 Å². The number of aryl methyl sites for hydroxylation is 3. The van der Waals surface area contributed by atoms with Gasteiger partial charge in [-0.15, -0.1) is 0 Å². The number of carbonyl (C=O) groups is 1. The van der Waals surface area contributed by atoms with E-state index in [0.717, 1.165) is 68.7 Å². The summed E-state index contributed by atoms with van der Waals surface area (Å²) in [5, 5.41) is 18.9. The van der Waals surface area contributed by atoms with Gasteiger partial charge in [-0.3, -0.25) is 4.79 Å². The van der Waals surface area contributed by atoms with Crippen molar-refractivity contribution in [2.24, 2.45) is 0 Å². The highest BCUT2D eigenvalue weighted by atomic mass is 16.5. The molecule has 0 atom stereocenters. The van der Waals surface area contributed by atoms with Crippen LogP contribution in [-0.2, 0) is 0 Å². The van der Waals surface area contributed by atoms with E-state index >= 15 is 0 Å². The van der Waals surface area contributed by atoms with Crippen LogP contribution in [0.15, 0.2) is 22.7 Å². The zero-order chi connectivity index (χ0) is 29.0. The molecule has 4 N–H and O–H groups in total. The molecule has 0 saturated heterocycles. The molecule has 1 aliphatic rings. The molecule has 1 amide bonds. The van der Waals surface area contributed by atoms with Gasteiger partial charge in [0.05, 0.1) is 35.6 Å². The van der Waals surface area contributed by atoms with E-state index in [1.54, 1.807) is 7.11 Å². The van der Waals surface area contributed by atoms with Gasteiger partial charge in [0.25, 0.3) is 5.91 Å². The second kappa shape index (κ2) is 10.3. The molecule has 1 aliphatic carbocycles. The fraction of sp³-hybridized carbons (Fsp3) is 0.419. The average molecular weight is 557 g/mol. The largest absolute Gasteiger partial charge is 0.496 e. The van der Waals surface area contributed by atoms with Gasteiger partial charge in [0.2, 0.25) is 0 Å². The lowest BCUT2D eigenvalue weighted by atomic mass is 9.93. The van der Waals surface area contributed by atoms with Crippen LogP contribution < -0.4 is 10.1 Å². The van der Waals surface area contributed by atoms with Crippen LogP contribution in [0.2, 0.25) is 0 Å². The lowest BCUT2D eigenvalue weighted by Crippen LogP contribution is -2.38. The van der Waals surface area contributed by atoms with Crippen LogP contribution in [0.5, 0.6) is 5.75 Å². The van der Waals surface area contributed by atoms with Gasteiger partial charge in [-0.05, 0) is 70.6 Å². The number of aromatic nitrogens is 5. The Morgan fingerprint density at radius 2 is 1.83 bits per heavy atom. The number of rotatable bonds is 6. The van der Waals surface area contributed by atoms with Crippen LogP contribution in [0.1, 0.15) is 78.9 Å². The van der Waals surface area contributed by atoms with Gasteiger partial charge in [0.15, 0.2) is 0 Å². The van der Waals surface area contributed by atoms with Gasteiger partial charge in [0, 0.05) is 33.8 Å². The average Bonchev–Trinajstić information content (AvgIpc) is 3.63. The summed E-state index contributed by atoms with van der Waals surface area (Å²) in [5.74, 6) is 2.00. The molecule has 0 spiro atoms. The SMILES string of the molecule is COc1cc2c(cc1-c1c(C)noc1C)[nH]c1nc(C)nc(-c3cc(C(=O)N[C@H]4CC[C@H](O)CC4)[nH]c3C(C)C)c12. The van der Waals surface area contributed by atoms with Crippen molar-refractivity contribution in [2.45, 2.75) is 78.4 Å². The molecular formula is C31H36N6O4. The molecule has 0 radical (unpaired) electrons. The second-order valence-electron chi connectivity index (χ2n) is 11.4. The summed E-state index contributed by atoms with van der Waals surface area (Å²) in [6, 6.07) is 6.01. The first-order valence-corrected chi connectivity index (χ1v) is 14.2. The zero-order valence-corrected chi connectivity index (χ0v) is 24.3. The first-order chi connectivity index (χ1) is 19.6. The van der Waals surface area contributed by atoms with Gasteiger partial charge in [-0.1, -0.05) is 19.0 Å². The highest BCUT2D eigenvalue weighted by molar-refractivity contribution is 6.14. The highest BCUT2D eigenvalue weighted by Crippen LogP contribution is 2.42. The predicted molar refractivity (Wildman–Crippen MR) is 157 cm³/mol. The van der Waals surface area contributed by atoms with E-state index < -0.39 is 0 Å². The maximum absolute atomic E-state index is 13.3. The summed E-state index contributed by atoms with van der Waals surface area (Å²) in [6.07, 6.45) is 2.69. The van der Waals surface area contributed by atoms with E-state index in [1.165, 1.54) is 0 Å². The minimum atomic E-state index is -0.272. The van der Waals surface area contributed by atoms with Crippen LogP contribution in [0.3, 0.4) is 0 Å². The van der Waals surface area contributed by atoms with Crippen molar-refractivity contribution in [3.63, 3.8) is 0 Å². The first-order valence-electron chi connectivity index (χ1n) is 14.2. The van der Waals surface area contributed by atoms with Gasteiger partial charge >= 0.3 is 0 Å². The summed E-state index contributed by atoms with van der Waals surface area (Å²) in [6.45, 7) is 9.87. The number of aliphatic hydroxyl groups excluding tert-OH is 1. The zero-order valence-electron chi connectivity index (χ0n) is 24.3. The van der Waals surface area contributed by atoms with E-state index in [0.29, 0.717) is 35.8 Å². The number of methoxy groups -OCH3 is 1. The fourth-order valence-corrected chi connectivity index (χ4v) is 6.09. The highest BCUT2D eigenvalue weighted by Gasteiger charge is 2.26. The molecule has 0 unspecified atom stereocenters. The molecule has 10 nitrogen and oxygen atoms in total. The molecule has 5 aromatic rings. The van der Waals surface area contributed by atoms with Crippen LogP contribution in [-0.4, -0.2) is 55.4 Å². The quantitative estimate of drug-likeness (QED) is 0.205. The second-order valence-corrected chi connectivity index (χ2v) is 11.4. The maximum atomic E-state index is 13.3. The maximum Gasteiger partial charge on any atom is 0.267 e. The van der Waals surface area contributed by atoms with Crippen molar-refractivity contribution < 1.29 is 19.2 Å². The number of amides is 1. The summed E-state index contributed by atoms with van der Waals surface area (Å²) in [7, 11) is 1.65.